The number of nitriles is 1. The highest BCUT2D eigenvalue weighted by Crippen LogP contribution is 2.47. The van der Waals surface area contributed by atoms with E-state index in [0.717, 1.165) is 49.1 Å². The van der Waals surface area contributed by atoms with E-state index >= 15 is 0 Å². The second-order valence-electron chi connectivity index (χ2n) is 11.1. The van der Waals surface area contributed by atoms with Gasteiger partial charge >= 0.3 is 5.97 Å². The largest absolute Gasteiger partial charge is 0.477 e. The van der Waals surface area contributed by atoms with Crippen LogP contribution in [0.2, 0.25) is 0 Å². The molecular formula is C36H40N2O2S3. The zero-order valence-corrected chi connectivity index (χ0v) is 27.8. The van der Waals surface area contributed by atoms with Gasteiger partial charge in [0.1, 0.15) is 11.6 Å². The summed E-state index contributed by atoms with van der Waals surface area (Å²) in [5.74, 6) is -1.17. The molecule has 0 aliphatic carbocycles. The smallest absolute Gasteiger partial charge is 0.346 e. The number of fused-ring (bicyclic) bond motifs is 3. The Morgan fingerprint density at radius 1 is 0.837 bits per heavy atom. The van der Waals surface area contributed by atoms with Gasteiger partial charge in [-0.2, -0.15) is 5.26 Å². The van der Waals surface area contributed by atoms with Crippen LogP contribution in [0.15, 0.2) is 48.0 Å². The van der Waals surface area contributed by atoms with Crippen LogP contribution in [-0.4, -0.2) is 15.6 Å². The van der Waals surface area contributed by atoms with Gasteiger partial charge in [-0.3, -0.25) is 0 Å². The third kappa shape index (κ3) is 6.82. The summed E-state index contributed by atoms with van der Waals surface area (Å²) >= 11 is 5.38. The minimum Gasteiger partial charge on any atom is -0.477 e. The fraction of sp³-hybridized carbons (Fsp3) is 0.389. The second kappa shape index (κ2) is 14.5. The number of carboxylic acid groups (broad SMARTS) is 1. The fourth-order valence-electron chi connectivity index (χ4n) is 5.84. The number of hydrogen-bond acceptors (Lipinski definition) is 5. The molecule has 0 aliphatic rings. The first-order chi connectivity index (χ1) is 21.0. The summed E-state index contributed by atoms with van der Waals surface area (Å²) in [5.41, 5.74) is 4.93. The van der Waals surface area contributed by atoms with Gasteiger partial charge in [-0.1, -0.05) is 70.6 Å². The lowest BCUT2D eigenvalue weighted by Gasteiger charge is -2.02. The second-order valence-corrected chi connectivity index (χ2v) is 14.3. The van der Waals surface area contributed by atoms with Gasteiger partial charge in [0.25, 0.3) is 0 Å². The van der Waals surface area contributed by atoms with E-state index in [1.165, 1.54) is 78.3 Å². The molecule has 7 heteroatoms. The molecule has 0 unspecified atom stereocenters. The van der Waals surface area contributed by atoms with E-state index in [9.17, 15) is 15.2 Å². The number of para-hydroxylation sites is 1. The third-order valence-electron chi connectivity index (χ3n) is 8.10. The van der Waals surface area contributed by atoms with Gasteiger partial charge < -0.3 is 9.67 Å². The molecule has 0 bridgehead atoms. The summed E-state index contributed by atoms with van der Waals surface area (Å²) in [5, 5.41) is 20.4. The number of benzene rings is 1. The normalized spacial score (nSPS) is 12.0. The van der Waals surface area contributed by atoms with E-state index in [2.05, 4.69) is 67.8 Å². The van der Waals surface area contributed by atoms with E-state index in [-0.39, 0.29) is 5.57 Å². The van der Waals surface area contributed by atoms with Crippen LogP contribution in [0.4, 0.5) is 0 Å². The predicted molar refractivity (Wildman–Crippen MR) is 187 cm³/mol. The molecule has 5 aromatic rings. The summed E-state index contributed by atoms with van der Waals surface area (Å²) in [6, 6.07) is 17.6. The maximum absolute atomic E-state index is 11.7. The van der Waals surface area contributed by atoms with E-state index in [0.29, 0.717) is 0 Å². The number of hydrogen-bond donors (Lipinski definition) is 1. The number of thiophene rings is 3. The van der Waals surface area contributed by atoms with E-state index in [1.807, 2.05) is 28.7 Å². The summed E-state index contributed by atoms with van der Waals surface area (Å²) in [6.07, 6.45) is 13.0. The van der Waals surface area contributed by atoms with Crippen molar-refractivity contribution in [2.24, 2.45) is 0 Å². The van der Waals surface area contributed by atoms with Crippen LogP contribution in [0.25, 0.3) is 46.7 Å². The van der Waals surface area contributed by atoms with Crippen LogP contribution in [0.3, 0.4) is 0 Å². The Morgan fingerprint density at radius 3 is 2.19 bits per heavy atom. The molecule has 5 rings (SSSR count). The number of carboxylic acids is 1. The highest BCUT2D eigenvalue weighted by molar-refractivity contribution is 7.29. The molecule has 4 nitrogen and oxygen atoms in total. The first kappa shape index (κ1) is 31.3. The van der Waals surface area contributed by atoms with Crippen LogP contribution in [0, 0.1) is 11.3 Å². The zero-order valence-electron chi connectivity index (χ0n) is 25.4. The maximum atomic E-state index is 11.7. The van der Waals surface area contributed by atoms with Gasteiger partial charge in [0.05, 0.1) is 10.2 Å². The van der Waals surface area contributed by atoms with Crippen molar-refractivity contribution in [3.8, 4) is 25.6 Å². The number of aliphatic carboxylic acids is 1. The Balaban J connectivity index is 1.58. The number of aromatic nitrogens is 1. The Labute approximate surface area is 266 Å². The molecule has 0 fully saturated rings. The van der Waals surface area contributed by atoms with Crippen molar-refractivity contribution in [2.75, 3.05) is 0 Å². The lowest BCUT2D eigenvalue weighted by atomic mass is 10.0. The molecule has 0 radical (unpaired) electrons. The molecule has 0 saturated heterocycles. The number of carbonyl (C=O) groups is 1. The average Bonchev–Trinajstić information content (AvgIpc) is 3.78. The molecule has 1 N–H and O–H groups in total. The van der Waals surface area contributed by atoms with Crippen molar-refractivity contribution < 1.29 is 9.90 Å². The minimum absolute atomic E-state index is 0.205. The summed E-state index contributed by atoms with van der Waals surface area (Å²) in [4.78, 5) is 17.7. The number of aryl methyl sites for hydroxylation is 3. The van der Waals surface area contributed by atoms with Gasteiger partial charge in [0.2, 0.25) is 0 Å². The predicted octanol–water partition coefficient (Wildman–Crippen LogP) is 11.6. The molecular weight excluding hydrogens is 589 g/mol. The number of rotatable bonds is 15. The summed E-state index contributed by atoms with van der Waals surface area (Å²) in [6.45, 7) is 7.61. The zero-order chi connectivity index (χ0) is 30.3. The van der Waals surface area contributed by atoms with Crippen LogP contribution >= 0.6 is 34.0 Å². The number of nitrogens with zero attached hydrogens (tertiary/aromatic N) is 2. The van der Waals surface area contributed by atoms with E-state index in [4.69, 9.17) is 0 Å². The Bertz CT molecular complexity index is 1790. The van der Waals surface area contributed by atoms with Gasteiger partial charge in [0, 0.05) is 41.8 Å². The molecule has 0 amide bonds. The monoisotopic (exact) mass is 628 g/mol. The topological polar surface area (TPSA) is 66.0 Å². The molecule has 4 aromatic heterocycles. The Morgan fingerprint density at radius 2 is 1.51 bits per heavy atom. The quantitative estimate of drug-likeness (QED) is 0.0712. The van der Waals surface area contributed by atoms with E-state index < -0.39 is 5.97 Å². The average molecular weight is 629 g/mol. The van der Waals surface area contributed by atoms with Crippen molar-refractivity contribution in [3.05, 3.63) is 64.0 Å². The van der Waals surface area contributed by atoms with E-state index in [1.54, 1.807) is 17.4 Å². The highest BCUT2D eigenvalue weighted by Gasteiger charge is 2.20. The van der Waals surface area contributed by atoms with Crippen molar-refractivity contribution in [3.63, 3.8) is 0 Å². The number of unbranched alkanes of at least 4 members (excludes halogenated alkanes) is 6. The molecule has 1 aromatic carbocycles. The molecule has 43 heavy (non-hydrogen) atoms. The van der Waals surface area contributed by atoms with Crippen molar-refractivity contribution >= 4 is 67.2 Å². The Kier molecular flexibility index (Phi) is 10.6. The molecule has 0 aliphatic heterocycles. The SMILES string of the molecule is CCCCCCc1cc(-c2sc(-c3cc4c(s3)c3ccccc3n4CC)cc2CCCCCC)sc1/C=C(\C#N)C(=O)O. The van der Waals surface area contributed by atoms with Crippen LogP contribution < -0.4 is 0 Å². The first-order valence-corrected chi connectivity index (χ1v) is 18.1. The highest BCUT2D eigenvalue weighted by atomic mass is 32.1. The van der Waals surface area contributed by atoms with Crippen molar-refractivity contribution in [2.45, 2.75) is 91.5 Å². The van der Waals surface area contributed by atoms with Gasteiger partial charge in [-0.05, 0) is 74.1 Å². The third-order valence-corrected chi connectivity index (χ3v) is 11.9. The summed E-state index contributed by atoms with van der Waals surface area (Å²) in [7, 11) is 0. The molecule has 0 atom stereocenters. The lowest BCUT2D eigenvalue weighted by Crippen LogP contribution is -1.97. The molecule has 0 saturated carbocycles. The minimum atomic E-state index is -1.17. The first-order valence-electron chi connectivity index (χ1n) is 15.6. The van der Waals surface area contributed by atoms with Crippen molar-refractivity contribution in [1.82, 2.24) is 4.57 Å². The lowest BCUT2D eigenvalue weighted by molar-refractivity contribution is -0.132. The van der Waals surface area contributed by atoms with Gasteiger partial charge in [-0.25, -0.2) is 4.79 Å². The Hall–Kier alpha value is -3.18. The van der Waals surface area contributed by atoms with Gasteiger partial charge in [0.15, 0.2) is 0 Å². The molecule has 224 valence electrons. The van der Waals surface area contributed by atoms with Gasteiger partial charge in [-0.15, -0.1) is 34.0 Å². The molecule has 4 heterocycles. The van der Waals surface area contributed by atoms with Crippen LogP contribution in [-0.2, 0) is 24.2 Å². The van der Waals surface area contributed by atoms with Crippen molar-refractivity contribution in [1.29, 1.82) is 5.26 Å². The summed E-state index contributed by atoms with van der Waals surface area (Å²) < 4.78 is 3.77. The fourth-order valence-corrected chi connectivity index (χ4v) is 9.61. The standard InChI is InChI=1S/C36H40N2O2S3/c1-4-7-9-11-15-24-19-33(41-30(24)21-26(23-37)36(39)40)34-25(16-12-10-8-5-2)20-31(42-34)32-22-29-35(43-32)27-17-13-14-18-28(27)38(29)6-3/h13-14,17-22H,4-12,15-16H2,1-3H3,(H,39,40)/b26-21+. The maximum Gasteiger partial charge on any atom is 0.346 e. The molecule has 0 spiro atoms. The van der Waals surface area contributed by atoms with Crippen LogP contribution in [0.1, 0.15) is 88.1 Å². The van der Waals surface area contributed by atoms with Crippen LogP contribution in [0.5, 0.6) is 0 Å².